The van der Waals surface area contributed by atoms with E-state index in [0.29, 0.717) is 23.6 Å². The highest BCUT2D eigenvalue weighted by molar-refractivity contribution is 5.92. The summed E-state index contributed by atoms with van der Waals surface area (Å²) >= 11 is 0. The maximum Gasteiger partial charge on any atom is 0.270 e. The molecule has 0 radical (unpaired) electrons. The molecular formula is C12H10N4O2. The second-order valence-corrected chi connectivity index (χ2v) is 3.69. The van der Waals surface area contributed by atoms with Crippen molar-refractivity contribution in [1.29, 1.82) is 0 Å². The Bertz CT molecular complexity index is 672. The van der Waals surface area contributed by atoms with E-state index in [-0.39, 0.29) is 5.91 Å². The lowest BCUT2D eigenvalue weighted by Crippen LogP contribution is -2.25. The average Bonchev–Trinajstić information content (AvgIpc) is 3.05. The number of rotatable bonds is 3. The van der Waals surface area contributed by atoms with Crippen LogP contribution in [-0.4, -0.2) is 20.5 Å². The third-order valence-electron chi connectivity index (χ3n) is 2.53. The summed E-state index contributed by atoms with van der Waals surface area (Å²) in [7, 11) is 0. The summed E-state index contributed by atoms with van der Waals surface area (Å²) in [4.78, 5) is 16.1. The van der Waals surface area contributed by atoms with Crippen molar-refractivity contribution in [2.75, 3.05) is 0 Å². The van der Waals surface area contributed by atoms with Crippen molar-refractivity contribution >= 4 is 11.6 Å². The summed E-state index contributed by atoms with van der Waals surface area (Å²) in [6, 6.07) is 6.94. The number of hydrogen-bond donors (Lipinski definition) is 1. The smallest absolute Gasteiger partial charge is 0.270 e. The molecule has 0 spiro atoms. The Labute approximate surface area is 102 Å². The SMILES string of the molecule is O=C(NCc1ccco1)c1ccnc2ccnn12. The zero-order chi connectivity index (χ0) is 12.4. The molecule has 18 heavy (non-hydrogen) atoms. The highest BCUT2D eigenvalue weighted by Crippen LogP contribution is 2.04. The number of furan rings is 1. The molecule has 0 saturated carbocycles. The van der Waals surface area contributed by atoms with Crippen LogP contribution in [0.25, 0.3) is 5.65 Å². The lowest BCUT2D eigenvalue weighted by atomic mass is 10.3. The first-order valence-corrected chi connectivity index (χ1v) is 5.44. The molecule has 0 bridgehead atoms. The maximum atomic E-state index is 12.0. The van der Waals surface area contributed by atoms with E-state index in [1.807, 2.05) is 0 Å². The zero-order valence-corrected chi connectivity index (χ0v) is 9.41. The Morgan fingerprint density at radius 2 is 2.28 bits per heavy atom. The van der Waals surface area contributed by atoms with E-state index < -0.39 is 0 Å². The molecule has 1 N–H and O–H groups in total. The van der Waals surface area contributed by atoms with Crippen molar-refractivity contribution in [3.05, 3.63) is 54.4 Å². The molecule has 90 valence electrons. The van der Waals surface area contributed by atoms with Gasteiger partial charge < -0.3 is 9.73 Å². The number of amides is 1. The van der Waals surface area contributed by atoms with Crippen LogP contribution in [0.1, 0.15) is 16.2 Å². The predicted octanol–water partition coefficient (Wildman–Crippen LogP) is 1.25. The number of aromatic nitrogens is 3. The van der Waals surface area contributed by atoms with Crippen LogP contribution in [0, 0.1) is 0 Å². The van der Waals surface area contributed by atoms with Gasteiger partial charge in [0.05, 0.1) is 19.0 Å². The van der Waals surface area contributed by atoms with Crippen LogP contribution in [0.3, 0.4) is 0 Å². The molecule has 3 aromatic rings. The molecule has 3 rings (SSSR count). The Morgan fingerprint density at radius 3 is 3.11 bits per heavy atom. The van der Waals surface area contributed by atoms with Crippen LogP contribution in [0.15, 0.2) is 47.3 Å². The van der Waals surface area contributed by atoms with Gasteiger partial charge in [0, 0.05) is 12.3 Å². The Hall–Kier alpha value is -2.63. The van der Waals surface area contributed by atoms with Gasteiger partial charge in [-0.2, -0.15) is 5.10 Å². The molecule has 0 fully saturated rings. The lowest BCUT2D eigenvalue weighted by molar-refractivity contribution is 0.0940. The number of fused-ring (bicyclic) bond motifs is 1. The minimum atomic E-state index is -0.220. The van der Waals surface area contributed by atoms with E-state index in [0.717, 1.165) is 0 Å². The number of nitrogens with one attached hydrogen (secondary N) is 1. The molecule has 6 heteroatoms. The van der Waals surface area contributed by atoms with Crippen LogP contribution in [0.2, 0.25) is 0 Å². The first-order chi connectivity index (χ1) is 8.84. The van der Waals surface area contributed by atoms with E-state index >= 15 is 0 Å². The first-order valence-electron chi connectivity index (χ1n) is 5.44. The molecular weight excluding hydrogens is 232 g/mol. The molecule has 3 aromatic heterocycles. The molecule has 3 heterocycles. The molecule has 0 aliphatic heterocycles. The molecule has 1 amide bonds. The lowest BCUT2D eigenvalue weighted by Gasteiger charge is -2.04. The highest BCUT2D eigenvalue weighted by atomic mass is 16.3. The highest BCUT2D eigenvalue weighted by Gasteiger charge is 2.11. The van der Waals surface area contributed by atoms with Crippen molar-refractivity contribution in [3.8, 4) is 0 Å². The molecule has 0 unspecified atom stereocenters. The molecule has 0 aromatic carbocycles. The maximum absolute atomic E-state index is 12.0. The minimum Gasteiger partial charge on any atom is -0.467 e. The minimum absolute atomic E-state index is 0.220. The van der Waals surface area contributed by atoms with E-state index in [1.165, 1.54) is 4.52 Å². The Kier molecular flexibility index (Phi) is 2.53. The van der Waals surface area contributed by atoms with Gasteiger partial charge in [0.2, 0.25) is 0 Å². The second-order valence-electron chi connectivity index (χ2n) is 3.69. The van der Waals surface area contributed by atoms with E-state index in [4.69, 9.17) is 4.42 Å². The van der Waals surface area contributed by atoms with Gasteiger partial charge in [-0.3, -0.25) is 4.79 Å². The third-order valence-corrected chi connectivity index (χ3v) is 2.53. The van der Waals surface area contributed by atoms with Crippen LogP contribution in [0.4, 0.5) is 0 Å². The van der Waals surface area contributed by atoms with E-state index in [9.17, 15) is 4.79 Å². The normalized spacial score (nSPS) is 10.7. The van der Waals surface area contributed by atoms with Crippen molar-refractivity contribution in [2.24, 2.45) is 0 Å². The Morgan fingerprint density at radius 1 is 1.33 bits per heavy atom. The molecule has 0 atom stereocenters. The van der Waals surface area contributed by atoms with Gasteiger partial charge in [-0.15, -0.1) is 0 Å². The molecule has 0 saturated heterocycles. The summed E-state index contributed by atoms with van der Waals surface area (Å²) in [6.45, 7) is 0.344. The monoisotopic (exact) mass is 242 g/mol. The average molecular weight is 242 g/mol. The summed E-state index contributed by atoms with van der Waals surface area (Å²) in [5.74, 6) is 0.483. The van der Waals surface area contributed by atoms with Crippen LogP contribution in [-0.2, 0) is 6.54 Å². The van der Waals surface area contributed by atoms with Crippen molar-refractivity contribution in [2.45, 2.75) is 6.54 Å². The fraction of sp³-hybridized carbons (Fsp3) is 0.0833. The summed E-state index contributed by atoms with van der Waals surface area (Å²) < 4.78 is 6.64. The second kappa shape index (κ2) is 4.33. The van der Waals surface area contributed by atoms with Crippen molar-refractivity contribution in [1.82, 2.24) is 19.9 Å². The van der Waals surface area contributed by atoms with Gasteiger partial charge in [0.1, 0.15) is 11.5 Å². The molecule has 6 nitrogen and oxygen atoms in total. The van der Waals surface area contributed by atoms with Gasteiger partial charge in [0.25, 0.3) is 5.91 Å². The summed E-state index contributed by atoms with van der Waals surface area (Å²) in [5.41, 5.74) is 1.08. The number of carbonyl (C=O) groups is 1. The van der Waals surface area contributed by atoms with E-state index in [2.05, 4.69) is 15.4 Å². The first kappa shape index (κ1) is 10.5. The fourth-order valence-corrected chi connectivity index (χ4v) is 1.68. The topological polar surface area (TPSA) is 72.4 Å². The van der Waals surface area contributed by atoms with Crippen LogP contribution < -0.4 is 5.32 Å². The predicted molar refractivity (Wildman–Crippen MR) is 62.9 cm³/mol. The third kappa shape index (κ3) is 1.84. The van der Waals surface area contributed by atoms with Crippen molar-refractivity contribution in [3.63, 3.8) is 0 Å². The van der Waals surface area contributed by atoms with Gasteiger partial charge in [0.15, 0.2) is 5.65 Å². The van der Waals surface area contributed by atoms with Gasteiger partial charge >= 0.3 is 0 Å². The standard InChI is InChI=1S/C12H10N4O2/c17-12(14-8-9-2-1-7-18-9)10-3-5-13-11-4-6-15-16(10)11/h1-7H,8H2,(H,14,17). The summed E-state index contributed by atoms with van der Waals surface area (Å²) in [6.07, 6.45) is 4.75. The Balaban J connectivity index is 1.81. The quantitative estimate of drug-likeness (QED) is 0.750. The van der Waals surface area contributed by atoms with Crippen molar-refractivity contribution < 1.29 is 9.21 Å². The van der Waals surface area contributed by atoms with Gasteiger partial charge in [-0.05, 0) is 18.2 Å². The zero-order valence-electron chi connectivity index (χ0n) is 9.41. The summed E-state index contributed by atoms with van der Waals surface area (Å²) in [5, 5.41) is 6.82. The fourth-order valence-electron chi connectivity index (χ4n) is 1.68. The van der Waals surface area contributed by atoms with Gasteiger partial charge in [-0.1, -0.05) is 0 Å². The molecule has 0 aliphatic carbocycles. The number of carbonyl (C=O) groups excluding carboxylic acids is 1. The number of hydrogen-bond acceptors (Lipinski definition) is 4. The van der Waals surface area contributed by atoms with Gasteiger partial charge in [-0.25, -0.2) is 9.50 Å². The molecule has 0 aliphatic rings. The van der Waals surface area contributed by atoms with Crippen LogP contribution >= 0.6 is 0 Å². The number of nitrogens with zero attached hydrogens (tertiary/aromatic N) is 3. The largest absolute Gasteiger partial charge is 0.467 e. The van der Waals surface area contributed by atoms with E-state index in [1.54, 1.807) is 42.9 Å². The van der Waals surface area contributed by atoms with Crippen LogP contribution in [0.5, 0.6) is 0 Å².